The maximum absolute atomic E-state index is 2.48. The second-order valence-electron chi connectivity index (χ2n) is 20.7. The van der Waals surface area contributed by atoms with Crippen LogP contribution in [-0.4, -0.2) is 0 Å². The van der Waals surface area contributed by atoms with Crippen molar-refractivity contribution in [2.45, 2.75) is 63.2 Å². The first-order valence-corrected chi connectivity index (χ1v) is 24.4. The van der Waals surface area contributed by atoms with E-state index in [4.69, 9.17) is 0 Å². The van der Waals surface area contributed by atoms with Gasteiger partial charge in [0.15, 0.2) is 0 Å². The van der Waals surface area contributed by atoms with Gasteiger partial charge in [-0.3, -0.25) is 0 Å². The molecule has 9 aromatic rings. The van der Waals surface area contributed by atoms with Crippen molar-refractivity contribution in [1.82, 2.24) is 0 Å². The number of anilines is 3. The molecule has 5 aliphatic carbocycles. The highest BCUT2D eigenvalue weighted by atomic mass is 15.1. The summed E-state index contributed by atoms with van der Waals surface area (Å²) in [5, 5.41) is 2.53. The number of hydrogen-bond acceptors (Lipinski definition) is 1. The minimum absolute atomic E-state index is 0.0391. The van der Waals surface area contributed by atoms with Gasteiger partial charge in [-0.25, -0.2) is 0 Å². The van der Waals surface area contributed by atoms with Crippen molar-refractivity contribution in [3.63, 3.8) is 0 Å². The molecule has 4 saturated carbocycles. The molecule has 0 aromatic heterocycles. The highest BCUT2D eigenvalue weighted by Gasteiger charge is 2.51. The molecule has 0 atom stereocenters. The lowest BCUT2D eigenvalue weighted by atomic mass is 9.48. The van der Waals surface area contributed by atoms with Gasteiger partial charge in [0.1, 0.15) is 0 Å². The third-order valence-corrected chi connectivity index (χ3v) is 16.5. The Bertz CT molecular complexity index is 3220. The van der Waals surface area contributed by atoms with Crippen LogP contribution in [0.15, 0.2) is 206 Å². The quantitative estimate of drug-likeness (QED) is 0.147. The van der Waals surface area contributed by atoms with Crippen molar-refractivity contribution in [1.29, 1.82) is 0 Å². The van der Waals surface area contributed by atoms with E-state index in [0.717, 1.165) is 34.8 Å². The zero-order valence-electron chi connectivity index (χ0n) is 38.1. The van der Waals surface area contributed by atoms with Crippen LogP contribution in [0.3, 0.4) is 0 Å². The second kappa shape index (κ2) is 15.3. The minimum Gasteiger partial charge on any atom is -0.311 e. The first-order valence-electron chi connectivity index (χ1n) is 24.4. The van der Waals surface area contributed by atoms with Crippen molar-refractivity contribution in [2.75, 3.05) is 4.90 Å². The maximum Gasteiger partial charge on any atom is 0.0462 e. The molecule has 1 heteroatoms. The van der Waals surface area contributed by atoms with Gasteiger partial charge in [-0.2, -0.15) is 0 Å². The number of hydrogen-bond donors (Lipinski definition) is 0. The highest BCUT2D eigenvalue weighted by Crippen LogP contribution is 2.61. The first-order chi connectivity index (χ1) is 32.4. The molecule has 4 fully saturated rings. The zero-order chi connectivity index (χ0) is 44.0. The molecule has 0 saturated heterocycles. The molecule has 0 radical (unpaired) electrons. The van der Waals surface area contributed by atoms with Crippen LogP contribution in [0.5, 0.6) is 0 Å². The van der Waals surface area contributed by atoms with Crippen molar-refractivity contribution in [3.05, 3.63) is 223 Å². The first kappa shape index (κ1) is 39.4. The molecule has 320 valence electrons. The summed E-state index contributed by atoms with van der Waals surface area (Å²) in [5.41, 5.74) is 20.9. The average Bonchev–Trinajstić information content (AvgIpc) is 3.60. The van der Waals surface area contributed by atoms with Gasteiger partial charge in [-0.05, 0) is 181 Å². The van der Waals surface area contributed by atoms with Gasteiger partial charge in [-0.1, -0.05) is 184 Å². The van der Waals surface area contributed by atoms with Crippen LogP contribution in [0.25, 0.3) is 66.4 Å². The third kappa shape index (κ3) is 6.42. The van der Waals surface area contributed by atoms with Crippen molar-refractivity contribution in [3.8, 4) is 55.6 Å². The van der Waals surface area contributed by atoms with Crippen molar-refractivity contribution in [2.24, 2.45) is 17.8 Å². The molecule has 0 N–H and O–H groups in total. The fraction of sp³-hybridized carbons (Fsp3) is 0.200. The summed E-state index contributed by atoms with van der Waals surface area (Å²) >= 11 is 0. The van der Waals surface area contributed by atoms with Gasteiger partial charge >= 0.3 is 0 Å². The van der Waals surface area contributed by atoms with E-state index in [2.05, 4.69) is 225 Å². The smallest absolute Gasteiger partial charge is 0.0462 e. The normalized spacial score (nSPS) is 20.8. The summed E-state index contributed by atoms with van der Waals surface area (Å²) in [6.07, 6.45) is 8.66. The molecule has 0 amide bonds. The maximum atomic E-state index is 2.48. The summed E-state index contributed by atoms with van der Waals surface area (Å²) in [6.45, 7) is 4.72. The molecule has 14 rings (SSSR count). The summed E-state index contributed by atoms with van der Waals surface area (Å²) < 4.78 is 0. The number of rotatable bonds is 8. The topological polar surface area (TPSA) is 3.24 Å². The third-order valence-electron chi connectivity index (χ3n) is 16.5. The SMILES string of the molecule is CC1(C)c2ccccc2-c2c(-c3ccc(N(c4ccc(-c5ccc(C67CC8CC(CC(C8)C6)C7)cc5)cc4)c4ccc(-c5cccc6cccc(-c7ccccc7)c56)cc4)cc3)cccc21. The Kier molecular flexibility index (Phi) is 9.14. The van der Waals surface area contributed by atoms with E-state index >= 15 is 0 Å². The van der Waals surface area contributed by atoms with Crippen molar-refractivity contribution < 1.29 is 0 Å². The second-order valence-corrected chi connectivity index (χ2v) is 20.7. The Morgan fingerprint density at radius 1 is 0.364 bits per heavy atom. The van der Waals surface area contributed by atoms with Gasteiger partial charge in [0.2, 0.25) is 0 Å². The van der Waals surface area contributed by atoms with Crippen LogP contribution in [0, 0.1) is 17.8 Å². The molecular weight excluding hydrogens is 795 g/mol. The van der Waals surface area contributed by atoms with E-state index < -0.39 is 0 Å². The molecule has 66 heavy (non-hydrogen) atoms. The van der Waals surface area contributed by atoms with Gasteiger partial charge in [0.05, 0.1) is 0 Å². The predicted octanol–water partition coefficient (Wildman–Crippen LogP) is 17.8. The lowest BCUT2D eigenvalue weighted by molar-refractivity contribution is -0.00518. The van der Waals surface area contributed by atoms with Gasteiger partial charge in [0.25, 0.3) is 0 Å². The fourth-order valence-corrected chi connectivity index (χ4v) is 13.7. The minimum atomic E-state index is -0.0391. The standard InChI is InChI=1S/C65H55N/c1-64(2)60-19-7-6-15-59(60)63-58(18-10-20-61(63)64)50-27-35-55(36-28-50)66(54-33-25-49(26-34-54)57-17-9-14-51-13-8-16-56(62(51)57)48-11-4-3-5-12-48)53-31-23-47(24-32-53)46-21-29-52(30-22-46)65-40-43-37-44(41-65)39-45(38-43)42-65/h3-36,43-45H,37-42H2,1-2H3. The van der Waals surface area contributed by atoms with Crippen LogP contribution >= 0.6 is 0 Å². The molecule has 0 spiro atoms. The number of nitrogens with zero attached hydrogens (tertiary/aromatic N) is 1. The summed E-state index contributed by atoms with van der Waals surface area (Å²) in [6, 6.07) is 77.4. The van der Waals surface area contributed by atoms with Gasteiger partial charge < -0.3 is 4.90 Å². The van der Waals surface area contributed by atoms with Crippen LogP contribution < -0.4 is 4.90 Å². The summed E-state index contributed by atoms with van der Waals surface area (Å²) in [7, 11) is 0. The Morgan fingerprint density at radius 2 is 0.788 bits per heavy atom. The Hall–Kier alpha value is -6.96. The van der Waals surface area contributed by atoms with Crippen LogP contribution in [0.1, 0.15) is 69.1 Å². The van der Waals surface area contributed by atoms with E-state index in [9.17, 15) is 0 Å². The molecule has 5 aliphatic rings. The van der Waals surface area contributed by atoms with E-state index in [0.29, 0.717) is 5.41 Å². The summed E-state index contributed by atoms with van der Waals surface area (Å²) in [4.78, 5) is 2.42. The Labute approximate surface area is 390 Å². The average molecular weight is 850 g/mol. The van der Waals surface area contributed by atoms with E-state index in [-0.39, 0.29) is 5.41 Å². The molecule has 0 unspecified atom stereocenters. The highest BCUT2D eigenvalue weighted by molar-refractivity contribution is 6.06. The van der Waals surface area contributed by atoms with Gasteiger partial charge in [-0.15, -0.1) is 0 Å². The lowest BCUT2D eigenvalue weighted by Crippen LogP contribution is -2.48. The molecular formula is C65H55N. The summed E-state index contributed by atoms with van der Waals surface area (Å²) in [5.74, 6) is 2.86. The van der Waals surface area contributed by atoms with Gasteiger partial charge in [0, 0.05) is 22.5 Å². The number of benzene rings is 9. The predicted molar refractivity (Wildman–Crippen MR) is 278 cm³/mol. The Morgan fingerprint density at radius 3 is 1.36 bits per heavy atom. The van der Waals surface area contributed by atoms with Crippen LogP contribution in [0.2, 0.25) is 0 Å². The van der Waals surface area contributed by atoms with Crippen LogP contribution in [-0.2, 0) is 10.8 Å². The molecule has 0 aliphatic heterocycles. The fourth-order valence-electron chi connectivity index (χ4n) is 13.7. The van der Waals surface area contributed by atoms with E-state index in [1.165, 1.54) is 116 Å². The number of fused-ring (bicyclic) bond motifs is 4. The Balaban J connectivity index is 0.868. The van der Waals surface area contributed by atoms with E-state index in [1.54, 1.807) is 5.56 Å². The molecule has 9 aromatic carbocycles. The largest absolute Gasteiger partial charge is 0.311 e. The monoisotopic (exact) mass is 849 g/mol. The molecule has 0 heterocycles. The lowest BCUT2D eigenvalue weighted by Gasteiger charge is -2.57. The molecule has 1 nitrogen and oxygen atoms in total. The zero-order valence-corrected chi connectivity index (χ0v) is 38.1. The van der Waals surface area contributed by atoms with E-state index in [1.807, 2.05) is 0 Å². The van der Waals surface area contributed by atoms with Crippen LogP contribution in [0.4, 0.5) is 17.1 Å². The van der Waals surface area contributed by atoms with Crippen molar-refractivity contribution >= 4 is 27.8 Å². The molecule has 4 bridgehead atoms.